The van der Waals surface area contributed by atoms with Crippen LogP contribution in [0.15, 0.2) is 42.5 Å². The van der Waals surface area contributed by atoms with Gasteiger partial charge >= 0.3 is 0 Å². The van der Waals surface area contributed by atoms with Crippen LogP contribution < -0.4 is 5.32 Å². The van der Waals surface area contributed by atoms with Crippen LogP contribution in [-0.2, 0) is 0 Å². The number of hydrogen-bond donors (Lipinski definition) is 1. The van der Waals surface area contributed by atoms with Crippen LogP contribution in [-0.4, -0.2) is 56.1 Å². The number of piperazine rings is 1. The first kappa shape index (κ1) is 16.7. The van der Waals surface area contributed by atoms with Crippen molar-refractivity contribution in [3.8, 4) is 0 Å². The Bertz CT molecular complexity index is 477. The molecule has 1 aromatic carbocycles. The first-order valence-electron chi connectivity index (χ1n) is 9.15. The van der Waals surface area contributed by atoms with Crippen molar-refractivity contribution in [2.75, 3.05) is 46.3 Å². The molecule has 1 N–H and O–H groups in total. The summed E-state index contributed by atoms with van der Waals surface area (Å²) in [6, 6.07) is 11.4. The molecule has 1 saturated heterocycles. The van der Waals surface area contributed by atoms with Crippen molar-refractivity contribution in [1.29, 1.82) is 0 Å². The Morgan fingerprint density at radius 1 is 1.09 bits per heavy atom. The van der Waals surface area contributed by atoms with Crippen LogP contribution in [0.2, 0.25) is 0 Å². The Labute approximate surface area is 141 Å². The van der Waals surface area contributed by atoms with Crippen molar-refractivity contribution in [3.05, 3.63) is 48.0 Å². The summed E-state index contributed by atoms with van der Waals surface area (Å²) in [6.45, 7) is 7.02. The van der Waals surface area contributed by atoms with Crippen LogP contribution in [0.25, 0.3) is 0 Å². The van der Waals surface area contributed by atoms with Gasteiger partial charge in [-0.3, -0.25) is 4.90 Å². The van der Waals surface area contributed by atoms with E-state index in [0.29, 0.717) is 6.04 Å². The highest BCUT2D eigenvalue weighted by Crippen LogP contribution is 2.20. The zero-order chi connectivity index (χ0) is 15.9. The summed E-state index contributed by atoms with van der Waals surface area (Å²) in [4.78, 5) is 5.04. The highest BCUT2D eigenvalue weighted by atomic mass is 15.3. The van der Waals surface area contributed by atoms with Crippen LogP contribution in [0.5, 0.6) is 0 Å². The summed E-state index contributed by atoms with van der Waals surface area (Å²) in [5.41, 5.74) is 1.43. The van der Waals surface area contributed by atoms with E-state index in [2.05, 4.69) is 64.6 Å². The minimum Gasteiger partial charge on any atom is -0.309 e. The third-order valence-electron chi connectivity index (χ3n) is 5.27. The minimum absolute atomic E-state index is 0.450. The molecule has 1 aromatic rings. The Kier molecular flexibility index (Phi) is 6.26. The average Bonchev–Trinajstić information content (AvgIpc) is 2.62. The second-order valence-electron chi connectivity index (χ2n) is 7.13. The van der Waals surface area contributed by atoms with Gasteiger partial charge in [0.2, 0.25) is 0 Å². The van der Waals surface area contributed by atoms with E-state index in [4.69, 9.17) is 0 Å². The maximum Gasteiger partial charge on any atom is 0.0449 e. The topological polar surface area (TPSA) is 18.5 Å². The number of nitrogens with one attached hydrogen (secondary N) is 1. The van der Waals surface area contributed by atoms with E-state index in [1.54, 1.807) is 0 Å². The SMILES string of the molecule is CN1CCN(C[C@H](NC[C@@H]2CC=CCC2)c2ccccc2)CC1. The molecule has 1 fully saturated rings. The number of hydrogen-bond acceptors (Lipinski definition) is 3. The van der Waals surface area contributed by atoms with Gasteiger partial charge in [-0.05, 0) is 44.3 Å². The lowest BCUT2D eigenvalue weighted by Gasteiger charge is -2.35. The second kappa shape index (κ2) is 8.62. The van der Waals surface area contributed by atoms with Gasteiger partial charge in [-0.25, -0.2) is 0 Å². The highest BCUT2D eigenvalue weighted by Gasteiger charge is 2.20. The maximum absolute atomic E-state index is 3.88. The van der Waals surface area contributed by atoms with Crippen molar-refractivity contribution in [3.63, 3.8) is 0 Å². The molecule has 1 aliphatic carbocycles. The van der Waals surface area contributed by atoms with Gasteiger partial charge in [-0.15, -0.1) is 0 Å². The summed E-state index contributed by atoms with van der Waals surface area (Å²) < 4.78 is 0. The normalized spacial score (nSPS) is 24.7. The number of rotatable bonds is 6. The molecule has 3 rings (SSSR count). The Morgan fingerprint density at radius 2 is 1.87 bits per heavy atom. The molecule has 0 amide bonds. The first-order valence-corrected chi connectivity index (χ1v) is 9.15. The summed E-state index contributed by atoms with van der Waals surface area (Å²) in [5.74, 6) is 0.804. The molecule has 23 heavy (non-hydrogen) atoms. The van der Waals surface area contributed by atoms with E-state index in [9.17, 15) is 0 Å². The van der Waals surface area contributed by atoms with Crippen LogP contribution in [0, 0.1) is 5.92 Å². The molecule has 0 saturated carbocycles. The van der Waals surface area contributed by atoms with Crippen molar-refractivity contribution >= 4 is 0 Å². The fourth-order valence-electron chi connectivity index (χ4n) is 3.61. The third-order valence-corrected chi connectivity index (χ3v) is 5.27. The van der Waals surface area contributed by atoms with Gasteiger partial charge in [0.05, 0.1) is 0 Å². The zero-order valence-corrected chi connectivity index (χ0v) is 14.5. The number of likely N-dealkylation sites (N-methyl/N-ethyl adjacent to an activating group) is 1. The van der Waals surface area contributed by atoms with Crippen molar-refractivity contribution in [2.24, 2.45) is 5.92 Å². The quantitative estimate of drug-likeness (QED) is 0.815. The zero-order valence-electron chi connectivity index (χ0n) is 14.5. The Hall–Kier alpha value is -1.16. The van der Waals surface area contributed by atoms with Gasteiger partial charge in [0.25, 0.3) is 0 Å². The Morgan fingerprint density at radius 3 is 2.57 bits per heavy atom. The Balaban J connectivity index is 1.58. The predicted molar refractivity (Wildman–Crippen MR) is 97.6 cm³/mol. The van der Waals surface area contributed by atoms with E-state index in [-0.39, 0.29) is 0 Å². The molecule has 0 aromatic heterocycles. The minimum atomic E-state index is 0.450. The monoisotopic (exact) mass is 313 g/mol. The van der Waals surface area contributed by atoms with Crippen molar-refractivity contribution in [1.82, 2.24) is 15.1 Å². The molecule has 0 unspecified atom stereocenters. The average molecular weight is 313 g/mol. The number of benzene rings is 1. The van der Waals surface area contributed by atoms with Crippen molar-refractivity contribution < 1.29 is 0 Å². The summed E-state index contributed by atoms with van der Waals surface area (Å²) in [6.07, 6.45) is 8.51. The van der Waals surface area contributed by atoms with E-state index in [1.807, 2.05) is 0 Å². The molecule has 126 valence electrons. The van der Waals surface area contributed by atoms with Crippen LogP contribution >= 0.6 is 0 Å². The van der Waals surface area contributed by atoms with E-state index >= 15 is 0 Å². The first-order chi connectivity index (χ1) is 11.3. The van der Waals surface area contributed by atoms with Gasteiger partial charge < -0.3 is 10.2 Å². The molecule has 3 heteroatoms. The smallest absolute Gasteiger partial charge is 0.0449 e. The van der Waals surface area contributed by atoms with E-state index < -0.39 is 0 Å². The molecular weight excluding hydrogens is 282 g/mol. The largest absolute Gasteiger partial charge is 0.309 e. The summed E-state index contributed by atoms with van der Waals surface area (Å²) >= 11 is 0. The van der Waals surface area contributed by atoms with Gasteiger partial charge in [0.15, 0.2) is 0 Å². The molecule has 2 aliphatic rings. The van der Waals surface area contributed by atoms with Gasteiger partial charge in [0, 0.05) is 38.8 Å². The molecule has 0 bridgehead atoms. The molecule has 2 atom stereocenters. The lowest BCUT2D eigenvalue weighted by atomic mass is 9.94. The van der Waals surface area contributed by atoms with Crippen molar-refractivity contribution in [2.45, 2.75) is 25.3 Å². The lowest BCUT2D eigenvalue weighted by Crippen LogP contribution is -2.47. The lowest BCUT2D eigenvalue weighted by molar-refractivity contribution is 0.141. The highest BCUT2D eigenvalue weighted by molar-refractivity contribution is 5.19. The van der Waals surface area contributed by atoms with Gasteiger partial charge in [-0.2, -0.15) is 0 Å². The molecule has 1 aliphatic heterocycles. The van der Waals surface area contributed by atoms with Crippen LogP contribution in [0.4, 0.5) is 0 Å². The fraction of sp³-hybridized carbons (Fsp3) is 0.600. The predicted octanol–water partition coefficient (Wildman–Crippen LogP) is 2.92. The third kappa shape index (κ3) is 5.17. The molecule has 0 radical (unpaired) electrons. The number of allylic oxidation sites excluding steroid dienone is 2. The van der Waals surface area contributed by atoms with E-state index in [1.165, 1.54) is 51.0 Å². The van der Waals surface area contributed by atoms with Crippen LogP contribution in [0.3, 0.4) is 0 Å². The maximum atomic E-state index is 3.88. The fourth-order valence-corrected chi connectivity index (χ4v) is 3.61. The molecular formula is C20H31N3. The molecule has 0 spiro atoms. The summed E-state index contributed by atoms with van der Waals surface area (Å²) in [7, 11) is 2.22. The van der Waals surface area contributed by atoms with Gasteiger partial charge in [-0.1, -0.05) is 42.5 Å². The van der Waals surface area contributed by atoms with Gasteiger partial charge in [0.1, 0.15) is 0 Å². The summed E-state index contributed by atoms with van der Waals surface area (Å²) in [5, 5.41) is 3.88. The van der Waals surface area contributed by atoms with E-state index in [0.717, 1.165) is 19.0 Å². The molecule has 1 heterocycles. The van der Waals surface area contributed by atoms with Crippen LogP contribution in [0.1, 0.15) is 30.9 Å². The molecule has 3 nitrogen and oxygen atoms in total. The number of nitrogens with zero attached hydrogens (tertiary/aromatic N) is 2. The second-order valence-corrected chi connectivity index (χ2v) is 7.13. The standard InChI is InChI=1S/C20H31N3/c1-22-12-14-23(15-13-22)17-20(19-10-6-3-7-11-19)21-16-18-8-4-2-5-9-18/h2-4,6-7,10-11,18,20-21H,5,8-9,12-17H2,1H3/t18-,20+/m1/s1.